The number of aromatic nitrogens is 3. The van der Waals surface area contributed by atoms with Crippen molar-refractivity contribution in [2.24, 2.45) is 5.92 Å². The standard InChI is InChI=1S/C23H34FN7O.Na/c1-2-31-12-6-9-18(31)15-26-22-28-21(25-14-16-7-4-3-5-8-16)29-23(30-22)27-17-10-11-20(32)19(24)13-17;/h10-11,13,16,18,32H,2-9,12,14-15H2,1H3,(H3,25,26,27,28,29,30);/q;+1/p-1. The van der Waals surface area contributed by atoms with E-state index in [-0.39, 0.29) is 29.6 Å². The van der Waals surface area contributed by atoms with Gasteiger partial charge in [-0.15, -0.1) is 0 Å². The molecule has 0 radical (unpaired) electrons. The third-order valence-corrected chi connectivity index (χ3v) is 6.50. The van der Waals surface area contributed by atoms with Gasteiger partial charge in [-0.2, -0.15) is 15.0 Å². The molecule has 1 aromatic heterocycles. The minimum Gasteiger partial charge on any atom is -0.870 e. The van der Waals surface area contributed by atoms with Crippen molar-refractivity contribution in [2.75, 3.05) is 42.1 Å². The molecule has 1 aliphatic carbocycles. The Kier molecular flexibility index (Phi) is 9.97. The average molecular weight is 466 g/mol. The van der Waals surface area contributed by atoms with Gasteiger partial charge in [-0.25, -0.2) is 4.39 Å². The van der Waals surface area contributed by atoms with Crippen molar-refractivity contribution in [2.45, 2.75) is 57.9 Å². The van der Waals surface area contributed by atoms with E-state index in [4.69, 9.17) is 0 Å². The zero-order valence-electron chi connectivity index (χ0n) is 19.7. The molecule has 3 N–H and O–H groups in total. The van der Waals surface area contributed by atoms with Crippen molar-refractivity contribution in [1.29, 1.82) is 0 Å². The molecule has 0 spiro atoms. The first kappa shape index (κ1) is 25.9. The van der Waals surface area contributed by atoms with Gasteiger partial charge in [0.2, 0.25) is 17.8 Å². The van der Waals surface area contributed by atoms with Crippen LogP contribution >= 0.6 is 0 Å². The third kappa shape index (κ3) is 7.40. The van der Waals surface area contributed by atoms with Gasteiger partial charge in [0, 0.05) is 24.8 Å². The molecule has 2 aromatic rings. The first-order chi connectivity index (χ1) is 15.6. The molecule has 1 aromatic carbocycles. The molecule has 0 amide bonds. The molecular weight excluding hydrogens is 432 g/mol. The number of likely N-dealkylation sites (N-methyl/N-ethyl adjacent to an activating group) is 1. The minimum absolute atomic E-state index is 0. The fraction of sp³-hybridized carbons (Fsp3) is 0.609. The summed E-state index contributed by atoms with van der Waals surface area (Å²) in [6, 6.07) is 4.34. The van der Waals surface area contributed by atoms with E-state index in [2.05, 4.69) is 42.7 Å². The second kappa shape index (κ2) is 12.7. The summed E-state index contributed by atoms with van der Waals surface area (Å²) < 4.78 is 13.7. The van der Waals surface area contributed by atoms with Gasteiger partial charge in [-0.3, -0.25) is 4.90 Å². The van der Waals surface area contributed by atoms with Gasteiger partial charge in [0.15, 0.2) is 0 Å². The van der Waals surface area contributed by atoms with Gasteiger partial charge in [0.25, 0.3) is 0 Å². The molecule has 1 atom stereocenters. The van der Waals surface area contributed by atoms with Crippen molar-refractivity contribution >= 4 is 23.5 Å². The molecule has 1 saturated heterocycles. The number of nitrogens with zero attached hydrogens (tertiary/aromatic N) is 4. The van der Waals surface area contributed by atoms with Crippen LogP contribution in [0.4, 0.5) is 27.9 Å². The Balaban J connectivity index is 0.00000306. The van der Waals surface area contributed by atoms with Gasteiger partial charge in [-0.05, 0) is 56.8 Å². The molecule has 0 bridgehead atoms. The van der Waals surface area contributed by atoms with E-state index < -0.39 is 11.6 Å². The Labute approximate surface area is 217 Å². The molecule has 174 valence electrons. The topological polar surface area (TPSA) is 101 Å². The SMILES string of the molecule is CCN1CCCC1CNc1nc(NCC2CCCCC2)nc(Nc2ccc([O-])c(F)c2)n1.[Na+]. The summed E-state index contributed by atoms with van der Waals surface area (Å²) in [5.41, 5.74) is 0.422. The van der Waals surface area contributed by atoms with Crippen LogP contribution in [0.1, 0.15) is 51.9 Å². The second-order valence-corrected chi connectivity index (χ2v) is 8.77. The number of anilines is 4. The van der Waals surface area contributed by atoms with Crippen LogP contribution in [-0.4, -0.2) is 52.1 Å². The van der Waals surface area contributed by atoms with Crippen LogP contribution in [0.5, 0.6) is 5.75 Å². The average Bonchev–Trinajstić information content (AvgIpc) is 3.27. The summed E-state index contributed by atoms with van der Waals surface area (Å²) in [6.07, 6.45) is 8.69. The van der Waals surface area contributed by atoms with Crippen molar-refractivity contribution < 1.29 is 39.1 Å². The van der Waals surface area contributed by atoms with Crippen molar-refractivity contribution in [3.8, 4) is 5.75 Å². The number of rotatable bonds is 9. The van der Waals surface area contributed by atoms with E-state index in [1.165, 1.54) is 50.7 Å². The van der Waals surface area contributed by atoms with Crippen LogP contribution in [0.3, 0.4) is 0 Å². The van der Waals surface area contributed by atoms with Crippen LogP contribution in [0.2, 0.25) is 0 Å². The molecule has 10 heteroatoms. The zero-order valence-corrected chi connectivity index (χ0v) is 21.7. The molecule has 8 nitrogen and oxygen atoms in total. The summed E-state index contributed by atoms with van der Waals surface area (Å²) in [6.45, 7) is 5.94. The van der Waals surface area contributed by atoms with Crippen LogP contribution < -0.4 is 50.6 Å². The maximum Gasteiger partial charge on any atom is 1.00 e. The summed E-state index contributed by atoms with van der Waals surface area (Å²) in [4.78, 5) is 16.0. The molecule has 2 aliphatic rings. The largest absolute Gasteiger partial charge is 1.00 e. The van der Waals surface area contributed by atoms with Crippen molar-refractivity contribution in [3.63, 3.8) is 0 Å². The van der Waals surface area contributed by atoms with E-state index in [1.54, 1.807) is 0 Å². The van der Waals surface area contributed by atoms with Crippen molar-refractivity contribution in [3.05, 3.63) is 24.0 Å². The summed E-state index contributed by atoms with van der Waals surface area (Å²) >= 11 is 0. The number of hydrogen-bond acceptors (Lipinski definition) is 8. The van der Waals surface area contributed by atoms with Crippen LogP contribution in [0.25, 0.3) is 0 Å². The molecule has 2 heterocycles. The number of halogens is 1. The van der Waals surface area contributed by atoms with E-state index in [1.807, 2.05) is 0 Å². The molecule has 4 rings (SSSR count). The molecular formula is C23H33FN7NaO. The van der Waals surface area contributed by atoms with Gasteiger partial charge in [-0.1, -0.05) is 38.0 Å². The second-order valence-electron chi connectivity index (χ2n) is 8.77. The summed E-state index contributed by atoms with van der Waals surface area (Å²) in [5.74, 6) is 0.473. The number of likely N-dealkylation sites (tertiary alicyclic amines) is 1. The Bertz CT molecular complexity index is 897. The van der Waals surface area contributed by atoms with Gasteiger partial charge in [0.05, 0.1) is 0 Å². The maximum absolute atomic E-state index is 13.7. The van der Waals surface area contributed by atoms with Gasteiger partial charge in [0.1, 0.15) is 5.82 Å². The first-order valence-corrected chi connectivity index (χ1v) is 11.8. The van der Waals surface area contributed by atoms with E-state index in [0.29, 0.717) is 35.5 Å². The maximum atomic E-state index is 13.7. The Morgan fingerprint density at radius 2 is 1.67 bits per heavy atom. The van der Waals surface area contributed by atoms with Gasteiger partial charge >= 0.3 is 29.6 Å². The smallest absolute Gasteiger partial charge is 0.870 e. The van der Waals surface area contributed by atoms with E-state index in [9.17, 15) is 9.50 Å². The first-order valence-electron chi connectivity index (χ1n) is 11.8. The predicted octanol–water partition coefficient (Wildman–Crippen LogP) is 0.720. The molecule has 2 fully saturated rings. The van der Waals surface area contributed by atoms with E-state index >= 15 is 0 Å². The zero-order chi connectivity index (χ0) is 22.3. The number of nitrogens with one attached hydrogen (secondary N) is 3. The Morgan fingerprint density at radius 3 is 2.36 bits per heavy atom. The van der Waals surface area contributed by atoms with Gasteiger partial charge < -0.3 is 21.1 Å². The fourth-order valence-corrected chi connectivity index (χ4v) is 4.68. The van der Waals surface area contributed by atoms with Crippen molar-refractivity contribution in [1.82, 2.24) is 19.9 Å². The molecule has 1 aliphatic heterocycles. The predicted molar refractivity (Wildman–Crippen MR) is 123 cm³/mol. The summed E-state index contributed by atoms with van der Waals surface area (Å²) in [5, 5.41) is 21.1. The minimum atomic E-state index is -0.807. The monoisotopic (exact) mass is 465 g/mol. The number of hydrogen-bond donors (Lipinski definition) is 3. The molecule has 1 saturated carbocycles. The third-order valence-electron chi connectivity index (χ3n) is 6.50. The van der Waals surface area contributed by atoms with E-state index in [0.717, 1.165) is 38.7 Å². The Morgan fingerprint density at radius 1 is 0.970 bits per heavy atom. The molecule has 1 unspecified atom stereocenters. The number of benzene rings is 1. The molecule has 33 heavy (non-hydrogen) atoms. The van der Waals surface area contributed by atoms with Crippen LogP contribution in [-0.2, 0) is 0 Å². The quantitative estimate of drug-likeness (QED) is 0.466. The Hall–Kier alpha value is -1.68. The summed E-state index contributed by atoms with van der Waals surface area (Å²) in [7, 11) is 0. The normalized spacial score (nSPS) is 19.2. The van der Waals surface area contributed by atoms with Crippen LogP contribution in [0.15, 0.2) is 18.2 Å². The fourth-order valence-electron chi connectivity index (χ4n) is 4.68. The van der Waals surface area contributed by atoms with Crippen LogP contribution in [0, 0.1) is 11.7 Å².